The highest BCUT2D eigenvalue weighted by molar-refractivity contribution is 4.78. The van der Waals surface area contributed by atoms with Gasteiger partial charge in [0.05, 0.1) is 0 Å². The smallest absolute Gasteiger partial charge is 0.00926 e. The number of hydrogen-bond acceptors (Lipinski definition) is 1. The van der Waals surface area contributed by atoms with Crippen LogP contribution < -0.4 is 5.32 Å². The minimum Gasteiger partial charge on any atom is -0.314 e. The normalized spacial score (nSPS) is 34.8. The summed E-state index contributed by atoms with van der Waals surface area (Å²) in [7, 11) is 0. The SMILES string of the molecule is CC(C)[C@H]1C[C@H](C)CCN1. The Morgan fingerprint density at radius 1 is 1.40 bits per heavy atom. The molecule has 0 radical (unpaired) electrons. The Morgan fingerprint density at radius 2 is 2.10 bits per heavy atom. The molecular formula is C9H19N. The Morgan fingerprint density at radius 3 is 2.50 bits per heavy atom. The Kier molecular flexibility index (Phi) is 2.72. The number of nitrogens with one attached hydrogen (secondary N) is 1. The Hall–Kier alpha value is -0.0400. The maximum absolute atomic E-state index is 3.55. The number of hydrogen-bond donors (Lipinski definition) is 1. The van der Waals surface area contributed by atoms with Crippen molar-refractivity contribution in [3.8, 4) is 0 Å². The summed E-state index contributed by atoms with van der Waals surface area (Å²) in [4.78, 5) is 0. The van der Waals surface area contributed by atoms with Crippen molar-refractivity contribution < 1.29 is 0 Å². The van der Waals surface area contributed by atoms with E-state index in [-0.39, 0.29) is 0 Å². The molecule has 1 heteroatoms. The fraction of sp³-hybridized carbons (Fsp3) is 1.00. The molecule has 0 unspecified atom stereocenters. The van der Waals surface area contributed by atoms with Gasteiger partial charge in [-0.2, -0.15) is 0 Å². The number of rotatable bonds is 1. The zero-order valence-electron chi connectivity index (χ0n) is 7.35. The van der Waals surface area contributed by atoms with Crippen LogP contribution in [0.4, 0.5) is 0 Å². The zero-order chi connectivity index (χ0) is 7.56. The monoisotopic (exact) mass is 141 g/mol. The van der Waals surface area contributed by atoms with Crippen molar-refractivity contribution in [1.29, 1.82) is 0 Å². The lowest BCUT2D eigenvalue weighted by Crippen LogP contribution is -2.40. The van der Waals surface area contributed by atoms with Gasteiger partial charge in [0.15, 0.2) is 0 Å². The average Bonchev–Trinajstić information content (AvgIpc) is 1.88. The highest BCUT2D eigenvalue weighted by atomic mass is 14.9. The highest BCUT2D eigenvalue weighted by Crippen LogP contribution is 2.19. The number of piperidine rings is 1. The Balaban J connectivity index is 2.32. The highest BCUT2D eigenvalue weighted by Gasteiger charge is 2.19. The third kappa shape index (κ3) is 1.98. The van der Waals surface area contributed by atoms with Crippen molar-refractivity contribution in [1.82, 2.24) is 5.32 Å². The van der Waals surface area contributed by atoms with Gasteiger partial charge < -0.3 is 5.32 Å². The second-order valence-electron chi connectivity index (χ2n) is 3.93. The van der Waals surface area contributed by atoms with Crippen molar-refractivity contribution in [2.45, 2.75) is 39.7 Å². The molecule has 1 rings (SSSR count). The summed E-state index contributed by atoms with van der Waals surface area (Å²) in [5, 5.41) is 3.55. The van der Waals surface area contributed by atoms with Gasteiger partial charge in [-0.15, -0.1) is 0 Å². The fourth-order valence-corrected chi connectivity index (χ4v) is 1.66. The first-order valence-corrected chi connectivity index (χ1v) is 4.43. The molecule has 1 aliphatic heterocycles. The molecule has 0 spiro atoms. The van der Waals surface area contributed by atoms with Gasteiger partial charge >= 0.3 is 0 Å². The first kappa shape index (κ1) is 8.06. The maximum atomic E-state index is 3.55. The molecule has 0 saturated carbocycles. The van der Waals surface area contributed by atoms with E-state index in [0.717, 1.165) is 17.9 Å². The van der Waals surface area contributed by atoms with Gasteiger partial charge in [-0.05, 0) is 31.2 Å². The van der Waals surface area contributed by atoms with Gasteiger partial charge in [0, 0.05) is 6.04 Å². The fourth-order valence-electron chi connectivity index (χ4n) is 1.66. The molecule has 0 bridgehead atoms. The zero-order valence-corrected chi connectivity index (χ0v) is 7.35. The molecule has 2 atom stereocenters. The lowest BCUT2D eigenvalue weighted by molar-refractivity contribution is 0.268. The third-order valence-corrected chi connectivity index (χ3v) is 2.50. The van der Waals surface area contributed by atoms with Crippen LogP contribution in [0.1, 0.15) is 33.6 Å². The van der Waals surface area contributed by atoms with E-state index in [0.29, 0.717) is 0 Å². The first-order valence-electron chi connectivity index (χ1n) is 4.43. The molecule has 0 aromatic heterocycles. The van der Waals surface area contributed by atoms with E-state index in [1.54, 1.807) is 0 Å². The minimum atomic E-state index is 0.781. The van der Waals surface area contributed by atoms with Crippen molar-refractivity contribution in [3.05, 3.63) is 0 Å². The van der Waals surface area contributed by atoms with Crippen LogP contribution in [0.2, 0.25) is 0 Å². The van der Waals surface area contributed by atoms with Crippen LogP contribution in [0, 0.1) is 11.8 Å². The van der Waals surface area contributed by atoms with Gasteiger partial charge in [0.25, 0.3) is 0 Å². The lowest BCUT2D eigenvalue weighted by atomic mass is 9.88. The van der Waals surface area contributed by atoms with Crippen LogP contribution in [0.5, 0.6) is 0 Å². The van der Waals surface area contributed by atoms with Crippen LogP contribution >= 0.6 is 0 Å². The molecule has 1 N–H and O–H groups in total. The van der Waals surface area contributed by atoms with Gasteiger partial charge in [-0.3, -0.25) is 0 Å². The van der Waals surface area contributed by atoms with Crippen molar-refractivity contribution in [2.24, 2.45) is 11.8 Å². The van der Waals surface area contributed by atoms with Gasteiger partial charge in [-0.25, -0.2) is 0 Å². The molecular weight excluding hydrogens is 122 g/mol. The van der Waals surface area contributed by atoms with E-state index in [9.17, 15) is 0 Å². The van der Waals surface area contributed by atoms with Crippen LogP contribution in [0.3, 0.4) is 0 Å². The van der Waals surface area contributed by atoms with Crippen LogP contribution in [-0.4, -0.2) is 12.6 Å². The summed E-state index contributed by atoms with van der Waals surface area (Å²) in [5.74, 6) is 1.75. The lowest BCUT2D eigenvalue weighted by Gasteiger charge is -2.30. The van der Waals surface area contributed by atoms with E-state index in [1.807, 2.05) is 0 Å². The Labute approximate surface area is 64.2 Å². The molecule has 1 fully saturated rings. The molecule has 0 aromatic rings. The van der Waals surface area contributed by atoms with E-state index < -0.39 is 0 Å². The van der Waals surface area contributed by atoms with Crippen molar-refractivity contribution in [3.63, 3.8) is 0 Å². The van der Waals surface area contributed by atoms with Gasteiger partial charge in [0.2, 0.25) is 0 Å². The second-order valence-corrected chi connectivity index (χ2v) is 3.93. The van der Waals surface area contributed by atoms with Crippen molar-refractivity contribution >= 4 is 0 Å². The predicted molar refractivity (Wildman–Crippen MR) is 45.0 cm³/mol. The topological polar surface area (TPSA) is 12.0 Å². The third-order valence-electron chi connectivity index (χ3n) is 2.50. The van der Waals surface area contributed by atoms with Gasteiger partial charge in [-0.1, -0.05) is 20.8 Å². The first-order chi connectivity index (χ1) is 4.70. The van der Waals surface area contributed by atoms with E-state index >= 15 is 0 Å². The molecule has 0 aromatic carbocycles. The van der Waals surface area contributed by atoms with E-state index in [2.05, 4.69) is 26.1 Å². The largest absolute Gasteiger partial charge is 0.314 e. The minimum absolute atomic E-state index is 0.781. The average molecular weight is 141 g/mol. The molecule has 0 amide bonds. The summed E-state index contributed by atoms with van der Waals surface area (Å²) in [6.45, 7) is 8.19. The summed E-state index contributed by atoms with van der Waals surface area (Å²) in [5.41, 5.74) is 0. The molecule has 0 aliphatic carbocycles. The quantitative estimate of drug-likeness (QED) is 0.589. The Bertz CT molecular complexity index is 98.9. The molecule has 60 valence electrons. The standard InChI is InChI=1S/C9H19N/c1-7(2)9-6-8(3)4-5-10-9/h7-10H,4-6H2,1-3H3/t8-,9-/m1/s1. The molecule has 1 aliphatic rings. The maximum Gasteiger partial charge on any atom is 0.00926 e. The predicted octanol–water partition coefficient (Wildman–Crippen LogP) is 2.03. The molecule has 10 heavy (non-hydrogen) atoms. The molecule has 1 saturated heterocycles. The van der Waals surface area contributed by atoms with Crippen LogP contribution in [0.15, 0.2) is 0 Å². The molecule has 1 nitrogen and oxygen atoms in total. The summed E-state index contributed by atoms with van der Waals surface area (Å²) >= 11 is 0. The van der Waals surface area contributed by atoms with Crippen LogP contribution in [-0.2, 0) is 0 Å². The van der Waals surface area contributed by atoms with Crippen LogP contribution in [0.25, 0.3) is 0 Å². The van der Waals surface area contributed by atoms with E-state index in [1.165, 1.54) is 19.4 Å². The van der Waals surface area contributed by atoms with Crippen molar-refractivity contribution in [2.75, 3.05) is 6.54 Å². The summed E-state index contributed by atoms with van der Waals surface area (Å²) < 4.78 is 0. The second kappa shape index (κ2) is 3.38. The van der Waals surface area contributed by atoms with Gasteiger partial charge in [0.1, 0.15) is 0 Å². The molecule has 1 heterocycles. The summed E-state index contributed by atoms with van der Waals surface area (Å²) in [6.07, 6.45) is 2.74. The summed E-state index contributed by atoms with van der Waals surface area (Å²) in [6, 6.07) is 0.781. The van der Waals surface area contributed by atoms with E-state index in [4.69, 9.17) is 0 Å².